The first-order chi connectivity index (χ1) is 48.4. The van der Waals surface area contributed by atoms with Gasteiger partial charge in [0.05, 0.1) is 31.6 Å². The molecule has 24 nitrogen and oxygen atoms in total. The molecule has 0 radical (unpaired) electrons. The van der Waals surface area contributed by atoms with Gasteiger partial charge in [0, 0.05) is 75.8 Å². The van der Waals surface area contributed by atoms with E-state index >= 15 is 41.5 Å². The maximum Gasteiger partial charge on any atom is 0.422 e. The number of nitrogens with one attached hydrogen (secondary N) is 3. The zero-order valence-corrected chi connectivity index (χ0v) is 60.0. The van der Waals surface area contributed by atoms with E-state index in [1.165, 1.54) is 56.3 Å². The van der Waals surface area contributed by atoms with Crippen LogP contribution in [0.5, 0.6) is 0 Å². The van der Waals surface area contributed by atoms with Crippen LogP contribution in [0.2, 0.25) is 0 Å². The third-order valence-electron chi connectivity index (χ3n) is 20.8. The van der Waals surface area contributed by atoms with Crippen molar-refractivity contribution < 1.29 is 101 Å². The minimum Gasteiger partial charge on any atom is -0.347 e. The largest absolute Gasteiger partial charge is 0.422 e. The molecule has 3 heterocycles. The van der Waals surface area contributed by atoms with Crippen molar-refractivity contribution >= 4 is 70.9 Å². The molecule has 7 rings (SSSR count). The van der Waals surface area contributed by atoms with Crippen LogP contribution in [0.25, 0.3) is 0 Å². The molecule has 2 aromatic carbocycles. The molecule has 3 N–H and O–H groups in total. The topological polar surface area (TPSA) is 270 Å². The number of amides is 12. The highest BCUT2D eigenvalue weighted by molar-refractivity contribution is 6.01. The molecule has 2 aliphatic carbocycles. The summed E-state index contributed by atoms with van der Waals surface area (Å²) in [6.45, 7) is 1.09. The van der Waals surface area contributed by atoms with Gasteiger partial charge in [-0.15, -0.1) is 0 Å². The highest BCUT2D eigenvalue weighted by Gasteiger charge is 2.56. The fourth-order valence-electron chi connectivity index (χ4n) is 14.0. The summed E-state index contributed by atoms with van der Waals surface area (Å²) >= 11 is 0. The number of hydrogen-bond donors (Lipinski definition) is 3. The molecule has 1 spiro atoms. The quantitative estimate of drug-likeness (QED) is 0.223. The van der Waals surface area contributed by atoms with Crippen molar-refractivity contribution in [3.8, 4) is 0 Å². The van der Waals surface area contributed by atoms with E-state index < -0.39 is 235 Å². The third-order valence-corrected chi connectivity index (χ3v) is 20.8. The van der Waals surface area contributed by atoms with E-state index in [4.69, 9.17) is 0 Å². The van der Waals surface area contributed by atoms with Gasteiger partial charge in [0.2, 0.25) is 70.9 Å². The van der Waals surface area contributed by atoms with Gasteiger partial charge in [0.1, 0.15) is 71.1 Å². The van der Waals surface area contributed by atoms with Gasteiger partial charge in [0.25, 0.3) is 5.92 Å². The van der Waals surface area contributed by atoms with E-state index in [2.05, 4.69) is 16.0 Å². The van der Waals surface area contributed by atoms with Crippen LogP contribution in [0.1, 0.15) is 126 Å². The molecular formula is C70H92F10N12O12. The summed E-state index contributed by atoms with van der Waals surface area (Å²) in [4.78, 5) is 186. The predicted octanol–water partition coefficient (Wildman–Crippen LogP) is 4.94. The van der Waals surface area contributed by atoms with Gasteiger partial charge in [-0.05, 0) is 112 Å². The first-order valence-corrected chi connectivity index (χ1v) is 34.5. The van der Waals surface area contributed by atoms with Crippen LogP contribution in [0.15, 0.2) is 48.6 Å². The van der Waals surface area contributed by atoms with Crippen LogP contribution in [0, 0.1) is 23.5 Å². The van der Waals surface area contributed by atoms with E-state index in [1.54, 1.807) is 26.0 Å². The lowest BCUT2D eigenvalue weighted by atomic mass is 9.74. The Morgan fingerprint density at radius 3 is 1.84 bits per heavy atom. The molecule has 9 atom stereocenters. The molecule has 4 fully saturated rings. The molecule has 34 heteroatoms. The number of benzene rings is 2. The Hall–Kier alpha value is -8.88. The maximum atomic E-state index is 16.0. The molecule has 3 aliphatic heterocycles. The zero-order chi connectivity index (χ0) is 77.6. The number of nitrogens with zero attached hydrogens (tertiary/aromatic N) is 9. The zero-order valence-electron chi connectivity index (χ0n) is 60.0. The summed E-state index contributed by atoms with van der Waals surface area (Å²) < 4.78 is 145. The second-order valence-electron chi connectivity index (χ2n) is 28.3. The van der Waals surface area contributed by atoms with Gasteiger partial charge in [-0.2, -0.15) is 26.3 Å². The number of likely N-dealkylation sites (N-methyl/N-ethyl adjacent to an activating group) is 7. The van der Waals surface area contributed by atoms with Gasteiger partial charge < -0.3 is 60.0 Å². The molecule has 12 amide bonds. The molecule has 2 bridgehead atoms. The van der Waals surface area contributed by atoms with Crippen LogP contribution in [-0.2, 0) is 82.7 Å². The van der Waals surface area contributed by atoms with Crippen molar-refractivity contribution in [3.05, 3.63) is 82.4 Å². The summed E-state index contributed by atoms with van der Waals surface area (Å²) in [6, 6.07) is -9.05. The van der Waals surface area contributed by atoms with Gasteiger partial charge in [0.15, 0.2) is 0 Å². The van der Waals surface area contributed by atoms with Crippen LogP contribution >= 0.6 is 0 Å². The predicted molar refractivity (Wildman–Crippen MR) is 354 cm³/mol. The second-order valence-corrected chi connectivity index (χ2v) is 28.3. The number of fused-ring (bicyclic) bond motifs is 3. The minimum atomic E-state index is -5.52. The van der Waals surface area contributed by atoms with Crippen LogP contribution in [0.4, 0.5) is 43.9 Å². The number of carbonyl (C=O) groups excluding carboxylic acids is 12. The molecule has 0 aromatic heterocycles. The van der Waals surface area contributed by atoms with Gasteiger partial charge in [-0.25, -0.2) is 17.6 Å². The van der Waals surface area contributed by atoms with E-state index in [0.717, 1.165) is 70.5 Å². The van der Waals surface area contributed by atoms with Crippen LogP contribution in [0.3, 0.4) is 0 Å². The first-order valence-electron chi connectivity index (χ1n) is 34.5. The van der Waals surface area contributed by atoms with Crippen molar-refractivity contribution in [2.45, 2.75) is 189 Å². The average Bonchev–Trinajstić information content (AvgIpc) is 1.31. The van der Waals surface area contributed by atoms with Crippen LogP contribution in [-0.4, -0.2) is 257 Å². The minimum absolute atomic E-state index is 0.0502. The Morgan fingerprint density at radius 2 is 1.28 bits per heavy atom. The summed E-state index contributed by atoms with van der Waals surface area (Å²) in [5, 5.41) is 7.58. The Bertz CT molecular complexity index is 3580. The molecule has 5 aliphatic rings. The molecule has 104 heavy (non-hydrogen) atoms. The normalized spacial score (nSPS) is 26.4. The van der Waals surface area contributed by atoms with Gasteiger partial charge >= 0.3 is 12.4 Å². The van der Waals surface area contributed by atoms with Crippen molar-refractivity contribution in [1.82, 2.24) is 60.0 Å². The molecule has 0 unspecified atom stereocenters. The van der Waals surface area contributed by atoms with Gasteiger partial charge in [-0.3, -0.25) is 57.5 Å². The number of rotatable bonds is 9. The smallest absolute Gasteiger partial charge is 0.347 e. The number of hydrogen-bond acceptors (Lipinski definition) is 12. The van der Waals surface area contributed by atoms with Crippen molar-refractivity contribution in [2.24, 2.45) is 11.8 Å². The molecule has 2 saturated carbocycles. The van der Waals surface area contributed by atoms with Crippen molar-refractivity contribution in [3.63, 3.8) is 0 Å². The van der Waals surface area contributed by atoms with Crippen molar-refractivity contribution in [1.29, 1.82) is 0 Å². The third kappa shape index (κ3) is 19.0. The molecule has 2 aromatic rings. The SMILES string of the molecule is CC[C@H](C)[C@@H]1NC(=O)[C@H](C)N(C)C(=O)C[C@@H](C(=O)N(C)C)N(C)C(=O)[C@H](C2CCCC2)N(C)C(=O)C2(CCC2)NC(=O)[C@@H]2CC(F)(F)CN2C(=O)[C@@H](CCc2cc(F)c(C(F)(F)F)c(F)c2)NC(=O)CN(C)C(=O)[C@H](Cc2ccc(C(F)(F)F)cc2)N2CC/C=C\C[C@@H](C2=O)N(C)C(=O)CN(C)C1=O. The summed E-state index contributed by atoms with van der Waals surface area (Å²) in [7, 11) is 10.1. The van der Waals surface area contributed by atoms with E-state index in [0.29, 0.717) is 49.1 Å². The highest BCUT2D eigenvalue weighted by Crippen LogP contribution is 2.41. The molecule has 574 valence electrons. The number of alkyl halides is 8. The summed E-state index contributed by atoms with van der Waals surface area (Å²) in [5.74, 6) is -21.0. The Balaban J connectivity index is 1.33. The fourth-order valence-corrected chi connectivity index (χ4v) is 14.0. The van der Waals surface area contributed by atoms with E-state index in [1.807, 2.05) is 0 Å². The fraction of sp³-hybridized carbons (Fsp3) is 0.629. The second kappa shape index (κ2) is 33.5. The van der Waals surface area contributed by atoms with Crippen LogP contribution < -0.4 is 16.0 Å². The Kier molecular flexibility index (Phi) is 26.5. The van der Waals surface area contributed by atoms with Crippen molar-refractivity contribution in [2.75, 3.05) is 82.6 Å². The van der Waals surface area contributed by atoms with Gasteiger partial charge in [-0.1, -0.05) is 57.4 Å². The molecular weight excluding hydrogens is 1390 g/mol. The van der Waals surface area contributed by atoms with E-state index in [-0.39, 0.29) is 44.2 Å². The maximum absolute atomic E-state index is 16.0. The lowest BCUT2D eigenvalue weighted by molar-refractivity contribution is -0.157. The average molecular weight is 1480 g/mol. The lowest BCUT2D eigenvalue weighted by Gasteiger charge is -2.46. The highest BCUT2D eigenvalue weighted by atomic mass is 19.4. The Labute approximate surface area is 596 Å². The standard InChI is InChI=1S/C70H92F10N12O12/c1-12-39(2)56-64(102)86(7)37-54(95)88(9)48-21-14-13-17-30-91(63(48)101)50(33-41-22-25-44(26-23-41)69(75,76)77)62(100)85(6)36-52(93)81-47(27-24-42-31-45(71)55(46(72)32-42)70(78,79)80)60(98)92-38-68(73,74)35-51(92)59(97)83-67(28-18-29-67)66(104)90(11)57(43-19-15-16-20-43)65(103)89(10)49(61(99)84(4)5)34-53(94)87(8)40(3)58(96)82-56/h13-14,22-23,25-26,31-32,39-40,43,47-51,56-57H,12,15-21,24,27-30,33-38H2,1-11H3,(H,81,93)(H,82,96)(H,83,97)/b14-13-/t39-,40-,47+,48-,49-,50-,51-,56-,57-/m0/s1. The number of carbonyl (C=O) groups is 12. The lowest BCUT2D eigenvalue weighted by Crippen LogP contribution is -2.68. The summed E-state index contributed by atoms with van der Waals surface area (Å²) in [5.41, 5.74) is -5.76. The summed E-state index contributed by atoms with van der Waals surface area (Å²) in [6.07, 6.45) is -9.30. The monoisotopic (exact) mass is 1480 g/mol. The number of aryl methyl sites for hydroxylation is 1. The Morgan fingerprint density at radius 1 is 0.673 bits per heavy atom. The van der Waals surface area contributed by atoms with E-state index in [9.17, 15) is 59.9 Å². The molecule has 2 saturated heterocycles. The first kappa shape index (κ1) is 82.4. The number of halogens is 10.